The third-order valence-corrected chi connectivity index (χ3v) is 1.89. The molecule has 0 spiro atoms. The summed E-state index contributed by atoms with van der Waals surface area (Å²) in [5.41, 5.74) is -0.572. The molecule has 0 rings (SSSR count). The minimum atomic E-state index is -0.572. The molecule has 0 saturated heterocycles. The SMILES string of the molecule is CC(O)CCCNCCC(C)(C)O. The molecule has 0 saturated carbocycles. The average molecular weight is 189 g/mol. The van der Waals surface area contributed by atoms with Crippen LogP contribution in [0.4, 0.5) is 0 Å². The summed E-state index contributed by atoms with van der Waals surface area (Å²) in [5.74, 6) is 0. The van der Waals surface area contributed by atoms with Gasteiger partial charge in [0.1, 0.15) is 0 Å². The molecule has 0 aromatic rings. The summed E-state index contributed by atoms with van der Waals surface area (Å²) in [4.78, 5) is 0. The first-order valence-corrected chi connectivity index (χ1v) is 5.03. The van der Waals surface area contributed by atoms with E-state index in [1.807, 2.05) is 13.8 Å². The number of aliphatic hydroxyl groups excluding tert-OH is 1. The van der Waals surface area contributed by atoms with Crippen molar-refractivity contribution in [2.75, 3.05) is 13.1 Å². The summed E-state index contributed by atoms with van der Waals surface area (Å²) >= 11 is 0. The Bertz CT molecular complexity index is 119. The number of hydrogen-bond donors (Lipinski definition) is 3. The molecule has 0 aliphatic heterocycles. The Morgan fingerprint density at radius 3 is 2.38 bits per heavy atom. The van der Waals surface area contributed by atoms with Gasteiger partial charge in [0, 0.05) is 0 Å². The molecule has 1 unspecified atom stereocenters. The van der Waals surface area contributed by atoms with Crippen molar-refractivity contribution in [1.82, 2.24) is 5.32 Å². The standard InChI is InChI=1S/C10H23NO2/c1-9(12)5-4-7-11-8-6-10(2,3)13/h9,11-13H,4-8H2,1-3H3. The van der Waals surface area contributed by atoms with Crippen LogP contribution in [0.1, 0.15) is 40.0 Å². The number of nitrogens with one attached hydrogen (secondary N) is 1. The van der Waals surface area contributed by atoms with Crippen molar-refractivity contribution < 1.29 is 10.2 Å². The van der Waals surface area contributed by atoms with E-state index in [9.17, 15) is 5.11 Å². The number of rotatable bonds is 7. The minimum Gasteiger partial charge on any atom is -0.393 e. The molecule has 0 aromatic carbocycles. The van der Waals surface area contributed by atoms with E-state index in [4.69, 9.17) is 5.11 Å². The van der Waals surface area contributed by atoms with E-state index in [2.05, 4.69) is 5.32 Å². The Labute approximate surface area is 81.2 Å². The maximum atomic E-state index is 9.38. The molecule has 0 aromatic heterocycles. The highest BCUT2D eigenvalue weighted by Gasteiger charge is 2.10. The van der Waals surface area contributed by atoms with E-state index in [0.29, 0.717) is 0 Å². The molecular formula is C10H23NO2. The van der Waals surface area contributed by atoms with Gasteiger partial charge >= 0.3 is 0 Å². The van der Waals surface area contributed by atoms with Crippen LogP contribution in [0.15, 0.2) is 0 Å². The Kier molecular flexibility index (Phi) is 6.29. The maximum Gasteiger partial charge on any atom is 0.0603 e. The molecular weight excluding hydrogens is 166 g/mol. The van der Waals surface area contributed by atoms with Gasteiger partial charge < -0.3 is 15.5 Å². The van der Waals surface area contributed by atoms with Crippen LogP contribution in [0.5, 0.6) is 0 Å². The van der Waals surface area contributed by atoms with Gasteiger partial charge in [0.15, 0.2) is 0 Å². The molecule has 3 nitrogen and oxygen atoms in total. The van der Waals surface area contributed by atoms with Gasteiger partial charge in [-0.3, -0.25) is 0 Å². The molecule has 1 atom stereocenters. The second-order valence-electron chi connectivity index (χ2n) is 4.30. The summed E-state index contributed by atoms with van der Waals surface area (Å²) in [7, 11) is 0. The summed E-state index contributed by atoms with van der Waals surface area (Å²) in [6.45, 7) is 7.18. The largest absolute Gasteiger partial charge is 0.393 e. The molecule has 0 fully saturated rings. The molecule has 0 heterocycles. The lowest BCUT2D eigenvalue weighted by atomic mass is 10.1. The van der Waals surface area contributed by atoms with Crippen LogP contribution in [0.2, 0.25) is 0 Å². The molecule has 0 aliphatic carbocycles. The van der Waals surface area contributed by atoms with Gasteiger partial charge in [-0.15, -0.1) is 0 Å². The topological polar surface area (TPSA) is 52.5 Å². The van der Waals surface area contributed by atoms with E-state index in [0.717, 1.165) is 32.4 Å². The normalized spacial score (nSPS) is 14.5. The molecule has 80 valence electrons. The van der Waals surface area contributed by atoms with Crippen molar-refractivity contribution in [1.29, 1.82) is 0 Å². The van der Waals surface area contributed by atoms with Crippen LogP contribution < -0.4 is 5.32 Å². The highest BCUT2D eigenvalue weighted by atomic mass is 16.3. The Hall–Kier alpha value is -0.120. The predicted molar refractivity (Wildman–Crippen MR) is 54.7 cm³/mol. The van der Waals surface area contributed by atoms with Crippen molar-refractivity contribution in [3.05, 3.63) is 0 Å². The fraction of sp³-hybridized carbons (Fsp3) is 1.00. The van der Waals surface area contributed by atoms with E-state index >= 15 is 0 Å². The second-order valence-corrected chi connectivity index (χ2v) is 4.30. The van der Waals surface area contributed by atoms with Gasteiger partial charge in [-0.25, -0.2) is 0 Å². The van der Waals surface area contributed by atoms with Crippen molar-refractivity contribution in [2.45, 2.75) is 51.7 Å². The fourth-order valence-electron chi connectivity index (χ4n) is 1.04. The smallest absolute Gasteiger partial charge is 0.0603 e. The van der Waals surface area contributed by atoms with Crippen LogP contribution in [0, 0.1) is 0 Å². The van der Waals surface area contributed by atoms with E-state index < -0.39 is 5.60 Å². The van der Waals surface area contributed by atoms with Gasteiger partial charge in [-0.05, 0) is 53.1 Å². The fourth-order valence-corrected chi connectivity index (χ4v) is 1.04. The van der Waals surface area contributed by atoms with Crippen molar-refractivity contribution in [3.63, 3.8) is 0 Å². The van der Waals surface area contributed by atoms with Gasteiger partial charge in [0.05, 0.1) is 11.7 Å². The zero-order chi connectivity index (χ0) is 10.3. The lowest BCUT2D eigenvalue weighted by Crippen LogP contribution is -2.27. The Balaban J connectivity index is 3.09. The van der Waals surface area contributed by atoms with Gasteiger partial charge in [0.25, 0.3) is 0 Å². The molecule has 13 heavy (non-hydrogen) atoms. The molecule has 0 amide bonds. The van der Waals surface area contributed by atoms with Crippen LogP contribution in [0.25, 0.3) is 0 Å². The first-order chi connectivity index (χ1) is 5.92. The lowest BCUT2D eigenvalue weighted by molar-refractivity contribution is 0.0711. The average Bonchev–Trinajstić information content (AvgIpc) is 1.93. The second kappa shape index (κ2) is 6.35. The van der Waals surface area contributed by atoms with Crippen molar-refractivity contribution in [2.24, 2.45) is 0 Å². The Morgan fingerprint density at radius 2 is 1.92 bits per heavy atom. The zero-order valence-corrected chi connectivity index (χ0v) is 9.01. The molecule has 0 aliphatic rings. The van der Waals surface area contributed by atoms with E-state index in [1.165, 1.54) is 0 Å². The van der Waals surface area contributed by atoms with E-state index in [-0.39, 0.29) is 6.10 Å². The third-order valence-electron chi connectivity index (χ3n) is 1.89. The Morgan fingerprint density at radius 1 is 1.31 bits per heavy atom. The van der Waals surface area contributed by atoms with Crippen molar-refractivity contribution in [3.8, 4) is 0 Å². The van der Waals surface area contributed by atoms with Gasteiger partial charge in [-0.2, -0.15) is 0 Å². The summed E-state index contributed by atoms with van der Waals surface area (Å²) < 4.78 is 0. The van der Waals surface area contributed by atoms with E-state index in [1.54, 1.807) is 6.92 Å². The summed E-state index contributed by atoms with van der Waals surface area (Å²) in [5, 5.41) is 21.6. The molecule has 0 radical (unpaired) electrons. The van der Waals surface area contributed by atoms with Crippen LogP contribution in [-0.4, -0.2) is 35.0 Å². The number of hydrogen-bond acceptors (Lipinski definition) is 3. The van der Waals surface area contributed by atoms with Crippen LogP contribution in [-0.2, 0) is 0 Å². The molecule has 0 bridgehead atoms. The quantitative estimate of drug-likeness (QED) is 0.522. The van der Waals surface area contributed by atoms with Crippen molar-refractivity contribution >= 4 is 0 Å². The van der Waals surface area contributed by atoms with Crippen LogP contribution in [0.3, 0.4) is 0 Å². The predicted octanol–water partition coefficient (Wildman–Crippen LogP) is 0.898. The minimum absolute atomic E-state index is 0.198. The summed E-state index contributed by atoms with van der Waals surface area (Å²) in [6.07, 6.45) is 2.40. The van der Waals surface area contributed by atoms with Gasteiger partial charge in [-0.1, -0.05) is 0 Å². The first-order valence-electron chi connectivity index (χ1n) is 5.03. The lowest BCUT2D eigenvalue weighted by Gasteiger charge is -2.16. The maximum absolute atomic E-state index is 9.38. The highest BCUT2D eigenvalue weighted by Crippen LogP contribution is 2.04. The first kappa shape index (κ1) is 12.9. The van der Waals surface area contributed by atoms with Gasteiger partial charge in [0.2, 0.25) is 0 Å². The monoisotopic (exact) mass is 189 g/mol. The number of aliphatic hydroxyl groups is 2. The molecule has 3 heteroatoms. The highest BCUT2D eigenvalue weighted by molar-refractivity contribution is 4.66. The third kappa shape index (κ3) is 11.9. The zero-order valence-electron chi connectivity index (χ0n) is 9.01. The summed E-state index contributed by atoms with van der Waals surface area (Å²) in [6, 6.07) is 0. The molecule has 3 N–H and O–H groups in total. The van der Waals surface area contributed by atoms with Crippen LogP contribution >= 0.6 is 0 Å².